The minimum atomic E-state index is -0.836. The summed E-state index contributed by atoms with van der Waals surface area (Å²) in [7, 11) is 0. The summed E-state index contributed by atoms with van der Waals surface area (Å²) in [5.41, 5.74) is 2.89. The Morgan fingerprint density at radius 1 is 1.15 bits per heavy atom. The van der Waals surface area contributed by atoms with Crippen LogP contribution < -0.4 is 5.32 Å². The lowest BCUT2D eigenvalue weighted by molar-refractivity contribution is -0.130. The van der Waals surface area contributed by atoms with E-state index in [1.165, 1.54) is 11.1 Å². The number of rotatable bonds is 5. The lowest BCUT2D eigenvalue weighted by Crippen LogP contribution is -2.39. The molecule has 0 aliphatic heterocycles. The number of ether oxygens (including phenoxy) is 1. The van der Waals surface area contributed by atoms with Crippen LogP contribution in [0.4, 0.5) is 0 Å². The quantitative estimate of drug-likeness (QED) is 0.635. The first-order valence-electron chi connectivity index (χ1n) is 8.81. The van der Waals surface area contributed by atoms with Crippen molar-refractivity contribution in [1.29, 1.82) is 0 Å². The highest BCUT2D eigenvalue weighted by Crippen LogP contribution is 2.29. The summed E-state index contributed by atoms with van der Waals surface area (Å²) in [6.45, 7) is 1.61. The molecule has 1 aliphatic carbocycles. The number of carbonyl (C=O) groups is 2. The van der Waals surface area contributed by atoms with Gasteiger partial charge in [0.15, 0.2) is 6.10 Å². The van der Waals surface area contributed by atoms with Crippen LogP contribution >= 0.6 is 11.8 Å². The van der Waals surface area contributed by atoms with Crippen molar-refractivity contribution in [2.45, 2.75) is 43.2 Å². The summed E-state index contributed by atoms with van der Waals surface area (Å²) in [5.74, 6) is -0.745. The molecule has 1 aliphatic rings. The molecule has 5 heteroatoms. The van der Waals surface area contributed by atoms with Crippen LogP contribution in [0.15, 0.2) is 53.4 Å². The van der Waals surface area contributed by atoms with Crippen molar-refractivity contribution in [3.63, 3.8) is 0 Å². The van der Waals surface area contributed by atoms with E-state index in [0.29, 0.717) is 5.56 Å². The molecule has 0 fully saturated rings. The Labute approximate surface area is 158 Å². The monoisotopic (exact) mass is 369 g/mol. The van der Waals surface area contributed by atoms with Crippen LogP contribution in [0.1, 0.15) is 47.3 Å². The number of hydrogen-bond donors (Lipinski definition) is 1. The fourth-order valence-corrected chi connectivity index (χ4v) is 3.61. The van der Waals surface area contributed by atoms with Gasteiger partial charge in [0, 0.05) is 4.90 Å². The number of amides is 1. The molecule has 0 unspecified atom stereocenters. The van der Waals surface area contributed by atoms with E-state index in [9.17, 15) is 9.59 Å². The number of fused-ring (bicyclic) bond motifs is 1. The normalized spacial score (nSPS) is 17.1. The first-order valence-corrected chi connectivity index (χ1v) is 10.0. The SMILES string of the molecule is CSc1ccc(C(=O)O[C@H](C)C(=O)N[C@H]2CCCc3ccccc32)cc1. The van der Waals surface area contributed by atoms with E-state index in [1.54, 1.807) is 30.8 Å². The molecule has 0 spiro atoms. The average Bonchev–Trinajstić information content (AvgIpc) is 2.68. The first-order chi connectivity index (χ1) is 12.6. The minimum absolute atomic E-state index is 0.0190. The number of hydrogen-bond acceptors (Lipinski definition) is 4. The third kappa shape index (κ3) is 4.28. The van der Waals surface area contributed by atoms with E-state index in [0.717, 1.165) is 24.2 Å². The molecule has 2 aromatic rings. The van der Waals surface area contributed by atoms with Crippen LogP contribution in [0.3, 0.4) is 0 Å². The van der Waals surface area contributed by atoms with Crippen molar-refractivity contribution >= 4 is 23.6 Å². The molecule has 1 N–H and O–H groups in total. The maximum absolute atomic E-state index is 12.5. The van der Waals surface area contributed by atoms with E-state index in [1.807, 2.05) is 30.5 Å². The molecular formula is C21H23NO3S. The largest absolute Gasteiger partial charge is 0.449 e. The molecule has 4 nitrogen and oxygen atoms in total. The zero-order valence-electron chi connectivity index (χ0n) is 15.0. The molecule has 2 atom stereocenters. The highest BCUT2D eigenvalue weighted by Gasteiger charge is 2.25. The summed E-state index contributed by atoms with van der Waals surface area (Å²) >= 11 is 1.61. The smallest absolute Gasteiger partial charge is 0.338 e. The van der Waals surface area contributed by atoms with Crippen molar-refractivity contribution in [2.24, 2.45) is 0 Å². The third-order valence-electron chi connectivity index (χ3n) is 4.66. The van der Waals surface area contributed by atoms with Crippen molar-refractivity contribution < 1.29 is 14.3 Å². The zero-order chi connectivity index (χ0) is 18.5. The number of thioether (sulfide) groups is 1. The minimum Gasteiger partial charge on any atom is -0.449 e. The molecule has 0 radical (unpaired) electrons. The van der Waals surface area contributed by atoms with Crippen molar-refractivity contribution in [3.05, 3.63) is 65.2 Å². The zero-order valence-corrected chi connectivity index (χ0v) is 15.8. The Morgan fingerprint density at radius 3 is 2.62 bits per heavy atom. The standard InChI is InChI=1S/C21H23NO3S/c1-14(25-21(24)16-10-12-17(26-2)13-11-16)20(23)22-19-9-5-7-15-6-3-4-8-18(15)19/h3-4,6,8,10-14,19H,5,7,9H2,1-2H3,(H,22,23)/t14-,19+/m1/s1. The van der Waals surface area contributed by atoms with Gasteiger partial charge in [0.05, 0.1) is 11.6 Å². The van der Waals surface area contributed by atoms with Crippen LogP contribution in [0.2, 0.25) is 0 Å². The van der Waals surface area contributed by atoms with Crippen LogP contribution in [-0.4, -0.2) is 24.2 Å². The molecule has 26 heavy (non-hydrogen) atoms. The van der Waals surface area contributed by atoms with Gasteiger partial charge in [0.25, 0.3) is 5.91 Å². The molecular weight excluding hydrogens is 346 g/mol. The average molecular weight is 369 g/mol. The summed E-state index contributed by atoms with van der Waals surface area (Å²) in [4.78, 5) is 25.8. The lowest BCUT2D eigenvalue weighted by atomic mass is 9.87. The second kappa shape index (κ2) is 8.41. The van der Waals surface area contributed by atoms with Gasteiger partial charge in [-0.25, -0.2) is 4.79 Å². The van der Waals surface area contributed by atoms with Crippen LogP contribution in [-0.2, 0) is 16.0 Å². The van der Waals surface area contributed by atoms with E-state index in [2.05, 4.69) is 17.4 Å². The van der Waals surface area contributed by atoms with Gasteiger partial charge in [0.2, 0.25) is 0 Å². The van der Waals surface area contributed by atoms with Crippen LogP contribution in [0.25, 0.3) is 0 Å². The Kier molecular flexibility index (Phi) is 5.99. The fourth-order valence-electron chi connectivity index (χ4n) is 3.20. The Morgan fingerprint density at radius 2 is 1.88 bits per heavy atom. The molecule has 1 amide bonds. The van der Waals surface area contributed by atoms with E-state index in [-0.39, 0.29) is 11.9 Å². The second-order valence-electron chi connectivity index (χ2n) is 6.43. The highest BCUT2D eigenvalue weighted by molar-refractivity contribution is 7.98. The maximum atomic E-state index is 12.5. The highest BCUT2D eigenvalue weighted by atomic mass is 32.2. The topological polar surface area (TPSA) is 55.4 Å². The van der Waals surface area contributed by atoms with Crippen molar-refractivity contribution in [2.75, 3.05) is 6.26 Å². The molecule has 0 saturated heterocycles. The van der Waals surface area contributed by atoms with E-state index >= 15 is 0 Å². The maximum Gasteiger partial charge on any atom is 0.338 e. The summed E-state index contributed by atoms with van der Waals surface area (Å²) < 4.78 is 5.34. The van der Waals surface area contributed by atoms with Gasteiger partial charge in [-0.15, -0.1) is 11.8 Å². The Bertz CT molecular complexity index is 788. The summed E-state index contributed by atoms with van der Waals surface area (Å²) in [6.07, 6.45) is 4.12. The molecule has 136 valence electrons. The number of esters is 1. The number of nitrogens with one attached hydrogen (secondary N) is 1. The van der Waals surface area contributed by atoms with Gasteiger partial charge in [-0.1, -0.05) is 24.3 Å². The lowest BCUT2D eigenvalue weighted by Gasteiger charge is -2.27. The van der Waals surface area contributed by atoms with Crippen molar-refractivity contribution in [3.8, 4) is 0 Å². The van der Waals surface area contributed by atoms with E-state index in [4.69, 9.17) is 4.74 Å². The molecule has 2 aromatic carbocycles. The molecule has 0 saturated carbocycles. The van der Waals surface area contributed by atoms with Gasteiger partial charge in [0.1, 0.15) is 0 Å². The Balaban J connectivity index is 1.60. The predicted octanol–water partition coefficient (Wildman–Crippen LogP) is 4.15. The molecule has 0 bridgehead atoms. The van der Waals surface area contributed by atoms with Gasteiger partial charge in [-0.2, -0.15) is 0 Å². The Hall–Kier alpha value is -2.27. The second-order valence-corrected chi connectivity index (χ2v) is 7.31. The molecule has 0 heterocycles. The number of aryl methyl sites for hydroxylation is 1. The van der Waals surface area contributed by atoms with Gasteiger partial charge >= 0.3 is 5.97 Å². The van der Waals surface area contributed by atoms with Gasteiger partial charge < -0.3 is 10.1 Å². The van der Waals surface area contributed by atoms with Gasteiger partial charge in [-0.3, -0.25) is 4.79 Å². The number of carbonyl (C=O) groups excluding carboxylic acids is 2. The van der Waals surface area contributed by atoms with Crippen molar-refractivity contribution in [1.82, 2.24) is 5.32 Å². The third-order valence-corrected chi connectivity index (χ3v) is 5.41. The van der Waals surface area contributed by atoms with Gasteiger partial charge in [-0.05, 0) is 67.8 Å². The fraction of sp³-hybridized carbons (Fsp3) is 0.333. The van der Waals surface area contributed by atoms with Crippen LogP contribution in [0, 0.1) is 0 Å². The number of benzene rings is 2. The van der Waals surface area contributed by atoms with Crippen LogP contribution in [0.5, 0.6) is 0 Å². The molecule has 3 rings (SSSR count). The van der Waals surface area contributed by atoms with E-state index < -0.39 is 12.1 Å². The summed E-state index contributed by atoms with van der Waals surface area (Å²) in [6, 6.07) is 15.3. The first kappa shape index (κ1) is 18.5. The summed E-state index contributed by atoms with van der Waals surface area (Å²) in [5, 5.41) is 3.03. The predicted molar refractivity (Wildman–Crippen MR) is 103 cm³/mol. The molecule has 0 aromatic heterocycles.